The Kier molecular flexibility index (Phi) is 3.05. The first-order valence-corrected chi connectivity index (χ1v) is 4.13. The summed E-state index contributed by atoms with van der Waals surface area (Å²) in [5.41, 5.74) is 6.07. The first-order valence-electron chi connectivity index (χ1n) is 3.75. The number of rotatable bonds is 2. The van der Waals surface area contributed by atoms with Crippen molar-refractivity contribution in [3.8, 4) is 17.6 Å². The lowest BCUT2D eigenvalue weighted by Gasteiger charge is -2.11. The van der Waals surface area contributed by atoms with Gasteiger partial charge in [-0.05, 0) is 0 Å². The van der Waals surface area contributed by atoms with Crippen LogP contribution in [0.3, 0.4) is 0 Å². The van der Waals surface area contributed by atoms with Gasteiger partial charge in [0.25, 0.3) is 0 Å². The summed E-state index contributed by atoms with van der Waals surface area (Å²) in [5, 5.41) is 8.94. The Hall–Kier alpha value is -1.60. The van der Waals surface area contributed by atoms with Crippen LogP contribution in [0.1, 0.15) is 5.56 Å². The standard InChI is InChI=1S/C9H9ClN2O2/c1-13-6-3-5(4-11)8(12)7(10)9(6)14-2/h3H,12H2,1-2H3. The summed E-state index contributed by atoms with van der Waals surface area (Å²) < 4.78 is 10.00. The van der Waals surface area contributed by atoms with Crippen molar-refractivity contribution in [2.24, 2.45) is 0 Å². The van der Waals surface area contributed by atoms with E-state index >= 15 is 0 Å². The van der Waals surface area contributed by atoms with E-state index in [4.69, 9.17) is 32.1 Å². The highest BCUT2D eigenvalue weighted by Crippen LogP contribution is 2.40. The number of ether oxygens (including phenoxy) is 2. The van der Waals surface area contributed by atoms with Crippen LogP contribution in [-0.2, 0) is 0 Å². The van der Waals surface area contributed by atoms with Gasteiger partial charge in [-0.3, -0.25) is 0 Å². The van der Waals surface area contributed by atoms with E-state index in [9.17, 15) is 0 Å². The Balaban J connectivity index is 3.48. The fourth-order valence-electron chi connectivity index (χ4n) is 1.06. The van der Waals surface area contributed by atoms with Gasteiger partial charge in [0.05, 0.1) is 25.5 Å². The molecular formula is C9H9ClN2O2. The number of nitrogen functional groups attached to an aromatic ring is 1. The van der Waals surface area contributed by atoms with Gasteiger partial charge in [0.2, 0.25) is 0 Å². The van der Waals surface area contributed by atoms with E-state index in [1.807, 2.05) is 6.07 Å². The van der Waals surface area contributed by atoms with Gasteiger partial charge in [0.15, 0.2) is 11.5 Å². The van der Waals surface area contributed by atoms with Gasteiger partial charge in [0.1, 0.15) is 11.1 Å². The summed E-state index contributed by atoms with van der Waals surface area (Å²) in [6.45, 7) is 0. The van der Waals surface area contributed by atoms with E-state index in [-0.39, 0.29) is 16.3 Å². The Bertz CT molecular complexity index is 399. The molecule has 0 amide bonds. The van der Waals surface area contributed by atoms with E-state index in [0.29, 0.717) is 11.5 Å². The van der Waals surface area contributed by atoms with Crippen molar-refractivity contribution in [3.05, 3.63) is 16.7 Å². The summed E-state index contributed by atoms with van der Waals surface area (Å²) >= 11 is 5.88. The Labute approximate surface area is 86.8 Å². The third kappa shape index (κ3) is 1.54. The summed E-state index contributed by atoms with van der Waals surface area (Å²) in [6.07, 6.45) is 0. The molecule has 5 heteroatoms. The van der Waals surface area contributed by atoms with Crippen molar-refractivity contribution in [2.45, 2.75) is 0 Å². The van der Waals surface area contributed by atoms with Gasteiger partial charge in [-0.15, -0.1) is 0 Å². The van der Waals surface area contributed by atoms with E-state index < -0.39 is 0 Å². The van der Waals surface area contributed by atoms with Crippen LogP contribution in [0.4, 0.5) is 5.69 Å². The molecule has 0 aliphatic heterocycles. The largest absolute Gasteiger partial charge is 0.493 e. The van der Waals surface area contributed by atoms with Crippen LogP contribution in [0.25, 0.3) is 0 Å². The molecular weight excluding hydrogens is 204 g/mol. The van der Waals surface area contributed by atoms with Gasteiger partial charge < -0.3 is 15.2 Å². The molecule has 1 rings (SSSR count). The van der Waals surface area contributed by atoms with Crippen molar-refractivity contribution in [1.82, 2.24) is 0 Å². The number of nitrogens with zero attached hydrogens (tertiary/aromatic N) is 1. The average Bonchev–Trinajstić information content (AvgIpc) is 2.21. The summed E-state index contributed by atoms with van der Waals surface area (Å²) in [5.74, 6) is 0.730. The number of benzene rings is 1. The number of anilines is 1. The maximum atomic E-state index is 8.74. The molecule has 0 aliphatic carbocycles. The number of halogens is 1. The maximum Gasteiger partial charge on any atom is 0.181 e. The molecule has 74 valence electrons. The molecule has 0 atom stereocenters. The second-order valence-electron chi connectivity index (χ2n) is 2.50. The predicted molar refractivity (Wildman–Crippen MR) is 53.7 cm³/mol. The van der Waals surface area contributed by atoms with E-state index in [2.05, 4.69) is 0 Å². The number of nitriles is 1. The molecule has 14 heavy (non-hydrogen) atoms. The third-order valence-corrected chi connectivity index (χ3v) is 2.14. The molecule has 0 saturated heterocycles. The number of hydrogen-bond acceptors (Lipinski definition) is 4. The van der Waals surface area contributed by atoms with Crippen molar-refractivity contribution in [1.29, 1.82) is 5.26 Å². The van der Waals surface area contributed by atoms with Crippen molar-refractivity contribution >= 4 is 17.3 Å². The van der Waals surface area contributed by atoms with E-state index in [0.717, 1.165) is 0 Å². The Morgan fingerprint density at radius 2 is 2.07 bits per heavy atom. The molecule has 0 aromatic heterocycles. The zero-order valence-electron chi connectivity index (χ0n) is 7.80. The summed E-state index contributed by atoms with van der Waals surface area (Å²) in [7, 11) is 2.92. The van der Waals surface area contributed by atoms with Gasteiger partial charge in [-0.25, -0.2) is 0 Å². The van der Waals surface area contributed by atoms with Crippen LogP contribution < -0.4 is 15.2 Å². The normalized spacial score (nSPS) is 9.29. The lowest BCUT2D eigenvalue weighted by molar-refractivity contribution is 0.355. The Morgan fingerprint density at radius 3 is 2.50 bits per heavy atom. The molecule has 0 fully saturated rings. The summed E-state index contributed by atoms with van der Waals surface area (Å²) in [4.78, 5) is 0. The van der Waals surface area contributed by atoms with Crippen LogP contribution in [0.5, 0.6) is 11.5 Å². The first kappa shape index (κ1) is 10.5. The molecule has 1 aromatic rings. The molecule has 0 heterocycles. The fraction of sp³-hybridized carbons (Fsp3) is 0.222. The lowest BCUT2D eigenvalue weighted by Crippen LogP contribution is -1.98. The number of methoxy groups -OCH3 is 2. The first-order chi connectivity index (χ1) is 6.65. The predicted octanol–water partition coefficient (Wildman–Crippen LogP) is 1.81. The minimum Gasteiger partial charge on any atom is -0.493 e. The van der Waals surface area contributed by atoms with Crippen LogP contribution in [-0.4, -0.2) is 14.2 Å². The molecule has 0 radical (unpaired) electrons. The highest BCUT2D eigenvalue weighted by Gasteiger charge is 2.15. The van der Waals surface area contributed by atoms with Crippen molar-refractivity contribution < 1.29 is 9.47 Å². The molecule has 1 aromatic carbocycles. The molecule has 4 nitrogen and oxygen atoms in total. The van der Waals surface area contributed by atoms with Gasteiger partial charge in [0, 0.05) is 6.07 Å². The zero-order valence-corrected chi connectivity index (χ0v) is 8.55. The molecule has 0 bridgehead atoms. The van der Waals surface area contributed by atoms with Crippen molar-refractivity contribution in [3.63, 3.8) is 0 Å². The fourth-order valence-corrected chi connectivity index (χ4v) is 1.33. The molecule has 2 N–H and O–H groups in total. The molecule has 0 saturated carbocycles. The SMILES string of the molecule is COc1cc(C#N)c(N)c(Cl)c1OC. The maximum absolute atomic E-state index is 8.74. The average molecular weight is 213 g/mol. The molecule has 0 unspecified atom stereocenters. The van der Waals surface area contributed by atoms with E-state index in [1.165, 1.54) is 20.3 Å². The lowest BCUT2D eigenvalue weighted by atomic mass is 10.1. The van der Waals surface area contributed by atoms with Gasteiger partial charge in [-0.2, -0.15) is 5.26 Å². The van der Waals surface area contributed by atoms with Crippen LogP contribution in [0.15, 0.2) is 6.07 Å². The Morgan fingerprint density at radius 1 is 1.43 bits per heavy atom. The van der Waals surface area contributed by atoms with Crippen LogP contribution >= 0.6 is 11.6 Å². The summed E-state index contributed by atoms with van der Waals surface area (Å²) in [6, 6.07) is 3.40. The number of nitrogens with two attached hydrogens (primary N) is 1. The van der Waals surface area contributed by atoms with Gasteiger partial charge >= 0.3 is 0 Å². The van der Waals surface area contributed by atoms with Crippen molar-refractivity contribution in [2.75, 3.05) is 20.0 Å². The third-order valence-electron chi connectivity index (χ3n) is 1.77. The molecule has 0 aliphatic rings. The minimum atomic E-state index is 0.198. The quantitative estimate of drug-likeness (QED) is 0.760. The second-order valence-corrected chi connectivity index (χ2v) is 2.88. The highest BCUT2D eigenvalue weighted by atomic mass is 35.5. The second kappa shape index (κ2) is 4.07. The monoisotopic (exact) mass is 212 g/mol. The topological polar surface area (TPSA) is 68.3 Å². The zero-order chi connectivity index (χ0) is 10.7. The highest BCUT2D eigenvalue weighted by molar-refractivity contribution is 6.35. The van der Waals surface area contributed by atoms with Crippen LogP contribution in [0.2, 0.25) is 5.02 Å². The van der Waals surface area contributed by atoms with Crippen LogP contribution in [0, 0.1) is 11.3 Å². The smallest absolute Gasteiger partial charge is 0.181 e. The molecule has 0 spiro atoms. The minimum absolute atomic E-state index is 0.198. The van der Waals surface area contributed by atoms with E-state index in [1.54, 1.807) is 0 Å². The number of hydrogen-bond donors (Lipinski definition) is 1. The van der Waals surface area contributed by atoms with Gasteiger partial charge in [-0.1, -0.05) is 11.6 Å².